The molecular formula is C30H42. The molecular weight excluding hydrogens is 360 g/mol. The predicted molar refractivity (Wildman–Crippen MR) is 132 cm³/mol. The van der Waals surface area contributed by atoms with Gasteiger partial charge in [-0.1, -0.05) is 63.8 Å². The van der Waals surface area contributed by atoms with Gasteiger partial charge in [-0.05, 0) is 122 Å². The fourth-order valence-corrected chi connectivity index (χ4v) is 5.92. The second-order valence-electron chi connectivity index (χ2n) is 9.80. The second kappa shape index (κ2) is 10.7. The molecule has 0 heteroatoms. The summed E-state index contributed by atoms with van der Waals surface area (Å²) in [6.07, 6.45) is 21.2. The van der Waals surface area contributed by atoms with Crippen molar-refractivity contribution in [1.82, 2.24) is 0 Å². The van der Waals surface area contributed by atoms with E-state index in [0.29, 0.717) is 0 Å². The minimum atomic E-state index is 1.26. The lowest BCUT2D eigenvalue weighted by molar-refractivity contribution is 0.674. The van der Waals surface area contributed by atoms with Crippen LogP contribution in [0.4, 0.5) is 0 Å². The topological polar surface area (TPSA) is 0 Å². The lowest BCUT2D eigenvalue weighted by Crippen LogP contribution is -2.12. The van der Waals surface area contributed by atoms with Crippen LogP contribution < -0.4 is 0 Å². The number of aryl methyl sites for hydroxylation is 4. The smallest absolute Gasteiger partial charge is 0.0111 e. The zero-order valence-corrected chi connectivity index (χ0v) is 19.6. The highest BCUT2D eigenvalue weighted by atomic mass is 14.3. The SMILES string of the molecule is CCCCCc1ccc2c(c1-c1c(CCCCC)ccc3c1CCCC3)CCCC2. The van der Waals surface area contributed by atoms with Gasteiger partial charge in [0.2, 0.25) is 0 Å². The van der Waals surface area contributed by atoms with Gasteiger partial charge < -0.3 is 0 Å². The van der Waals surface area contributed by atoms with Gasteiger partial charge in [-0.2, -0.15) is 0 Å². The maximum Gasteiger partial charge on any atom is -0.0111 e. The molecule has 0 saturated heterocycles. The van der Waals surface area contributed by atoms with Crippen molar-refractivity contribution in [3.63, 3.8) is 0 Å². The Bertz CT molecular complexity index is 770. The van der Waals surface area contributed by atoms with Gasteiger partial charge in [0, 0.05) is 0 Å². The van der Waals surface area contributed by atoms with E-state index in [9.17, 15) is 0 Å². The Morgan fingerprint density at radius 2 is 0.967 bits per heavy atom. The number of hydrogen-bond donors (Lipinski definition) is 0. The zero-order chi connectivity index (χ0) is 20.8. The van der Waals surface area contributed by atoms with E-state index >= 15 is 0 Å². The Kier molecular flexibility index (Phi) is 7.69. The first-order valence-corrected chi connectivity index (χ1v) is 13.1. The van der Waals surface area contributed by atoms with E-state index in [2.05, 4.69) is 38.1 Å². The second-order valence-corrected chi connectivity index (χ2v) is 9.80. The lowest BCUT2D eigenvalue weighted by atomic mass is 9.76. The highest BCUT2D eigenvalue weighted by Gasteiger charge is 2.24. The van der Waals surface area contributed by atoms with Crippen LogP contribution in [-0.4, -0.2) is 0 Å². The predicted octanol–water partition coefficient (Wildman–Crippen LogP) is 8.58. The molecule has 0 radical (unpaired) electrons. The van der Waals surface area contributed by atoms with Gasteiger partial charge in [0.1, 0.15) is 0 Å². The summed E-state index contributed by atoms with van der Waals surface area (Å²) in [5.74, 6) is 0. The quantitative estimate of drug-likeness (QED) is 0.368. The number of unbranched alkanes of at least 4 members (excludes halogenated alkanes) is 4. The van der Waals surface area contributed by atoms with Crippen LogP contribution in [0.5, 0.6) is 0 Å². The molecule has 0 amide bonds. The summed E-state index contributed by atoms with van der Waals surface area (Å²) < 4.78 is 0. The normalized spacial score (nSPS) is 15.7. The minimum absolute atomic E-state index is 1.26. The highest BCUT2D eigenvalue weighted by molar-refractivity contribution is 5.79. The first kappa shape index (κ1) is 21.7. The summed E-state index contributed by atoms with van der Waals surface area (Å²) in [5.41, 5.74) is 13.5. The van der Waals surface area contributed by atoms with E-state index in [-0.39, 0.29) is 0 Å². The standard InChI is InChI=1S/C30H42/c1-3-5-7-15-25-21-19-23-13-9-11-17-27(23)29(25)30-26(16-8-6-4-2)22-20-24-14-10-12-18-28(24)30/h19-22H,3-18H2,1-2H3. The molecule has 0 bridgehead atoms. The van der Waals surface area contributed by atoms with Crippen molar-refractivity contribution < 1.29 is 0 Å². The third-order valence-corrected chi connectivity index (χ3v) is 7.59. The van der Waals surface area contributed by atoms with E-state index in [1.54, 1.807) is 44.5 Å². The maximum absolute atomic E-state index is 2.52. The summed E-state index contributed by atoms with van der Waals surface area (Å²) in [5, 5.41) is 0. The van der Waals surface area contributed by atoms with Crippen LogP contribution in [0.2, 0.25) is 0 Å². The van der Waals surface area contributed by atoms with E-state index in [1.165, 1.54) is 103 Å². The van der Waals surface area contributed by atoms with Crippen molar-refractivity contribution in [2.75, 3.05) is 0 Å². The summed E-state index contributed by atoms with van der Waals surface area (Å²) in [7, 11) is 0. The largest absolute Gasteiger partial charge is 0.0654 e. The van der Waals surface area contributed by atoms with Gasteiger partial charge in [-0.3, -0.25) is 0 Å². The molecule has 2 aliphatic carbocycles. The van der Waals surface area contributed by atoms with Gasteiger partial charge >= 0.3 is 0 Å². The van der Waals surface area contributed by atoms with E-state index < -0.39 is 0 Å². The number of hydrogen-bond acceptors (Lipinski definition) is 0. The van der Waals surface area contributed by atoms with Crippen LogP contribution in [0, 0.1) is 0 Å². The Morgan fingerprint density at radius 3 is 1.40 bits per heavy atom. The Labute approximate surface area is 185 Å². The number of benzene rings is 2. The average Bonchev–Trinajstić information content (AvgIpc) is 2.79. The lowest BCUT2D eigenvalue weighted by Gasteiger charge is -2.28. The van der Waals surface area contributed by atoms with Gasteiger partial charge in [0.15, 0.2) is 0 Å². The fourth-order valence-electron chi connectivity index (χ4n) is 5.92. The molecule has 2 aliphatic rings. The van der Waals surface area contributed by atoms with Crippen molar-refractivity contribution in [3.05, 3.63) is 57.6 Å². The first-order valence-electron chi connectivity index (χ1n) is 13.1. The van der Waals surface area contributed by atoms with E-state index in [1.807, 2.05) is 0 Å². The Hall–Kier alpha value is -1.56. The summed E-state index contributed by atoms with van der Waals surface area (Å²) in [6, 6.07) is 10.0. The molecule has 0 heterocycles. The molecule has 2 aromatic carbocycles. The van der Waals surface area contributed by atoms with Crippen LogP contribution in [0.25, 0.3) is 11.1 Å². The maximum atomic E-state index is 2.52. The van der Waals surface area contributed by atoms with Gasteiger partial charge in [0.05, 0.1) is 0 Å². The molecule has 0 fully saturated rings. The summed E-state index contributed by atoms with van der Waals surface area (Å²) in [4.78, 5) is 0. The number of rotatable bonds is 9. The van der Waals surface area contributed by atoms with E-state index in [0.717, 1.165) is 0 Å². The third kappa shape index (κ3) is 4.68. The summed E-state index contributed by atoms with van der Waals surface area (Å²) in [6.45, 7) is 4.65. The monoisotopic (exact) mass is 402 g/mol. The zero-order valence-electron chi connectivity index (χ0n) is 19.6. The fraction of sp³-hybridized carbons (Fsp3) is 0.600. The van der Waals surface area contributed by atoms with Gasteiger partial charge in [0.25, 0.3) is 0 Å². The average molecular weight is 403 g/mol. The Morgan fingerprint density at radius 1 is 0.533 bits per heavy atom. The molecule has 2 aromatic rings. The molecule has 0 unspecified atom stereocenters. The highest BCUT2D eigenvalue weighted by Crippen LogP contribution is 2.42. The van der Waals surface area contributed by atoms with Crippen LogP contribution >= 0.6 is 0 Å². The van der Waals surface area contributed by atoms with Crippen LogP contribution in [0.3, 0.4) is 0 Å². The van der Waals surface area contributed by atoms with Crippen molar-refractivity contribution >= 4 is 0 Å². The molecule has 0 atom stereocenters. The Balaban J connectivity index is 1.86. The van der Waals surface area contributed by atoms with Crippen LogP contribution in [0.1, 0.15) is 111 Å². The van der Waals surface area contributed by atoms with Crippen LogP contribution in [0.15, 0.2) is 24.3 Å². The molecule has 0 nitrogen and oxygen atoms in total. The molecule has 0 aliphatic heterocycles. The molecule has 0 saturated carbocycles. The van der Waals surface area contributed by atoms with Gasteiger partial charge in [-0.25, -0.2) is 0 Å². The van der Waals surface area contributed by atoms with E-state index in [4.69, 9.17) is 0 Å². The van der Waals surface area contributed by atoms with Crippen molar-refractivity contribution in [2.24, 2.45) is 0 Å². The molecule has 4 rings (SSSR count). The van der Waals surface area contributed by atoms with Crippen molar-refractivity contribution in [2.45, 2.75) is 117 Å². The van der Waals surface area contributed by atoms with Crippen LogP contribution in [-0.2, 0) is 38.5 Å². The molecule has 30 heavy (non-hydrogen) atoms. The summed E-state index contributed by atoms with van der Waals surface area (Å²) >= 11 is 0. The van der Waals surface area contributed by atoms with Gasteiger partial charge in [-0.15, -0.1) is 0 Å². The molecule has 0 N–H and O–H groups in total. The molecule has 0 aromatic heterocycles. The minimum Gasteiger partial charge on any atom is -0.0654 e. The van der Waals surface area contributed by atoms with Crippen molar-refractivity contribution in [3.8, 4) is 11.1 Å². The molecule has 0 spiro atoms. The third-order valence-electron chi connectivity index (χ3n) is 7.59. The molecule has 162 valence electrons. The first-order chi connectivity index (χ1) is 14.8. The van der Waals surface area contributed by atoms with Crippen molar-refractivity contribution in [1.29, 1.82) is 0 Å². The number of fused-ring (bicyclic) bond motifs is 2.